The first-order valence-corrected chi connectivity index (χ1v) is 10.3. The van der Waals surface area contributed by atoms with Crippen LogP contribution in [0.25, 0.3) is 16.9 Å². The molecule has 0 aliphatic carbocycles. The Labute approximate surface area is 180 Å². The topological polar surface area (TPSA) is 79.6 Å². The summed E-state index contributed by atoms with van der Waals surface area (Å²) in [5, 5.41) is 7.33. The Balaban J connectivity index is 1.86. The lowest BCUT2D eigenvalue weighted by Crippen LogP contribution is -2.63. The number of nitrogens with one attached hydrogen (secondary N) is 1. The summed E-state index contributed by atoms with van der Waals surface area (Å²) in [6.07, 6.45) is 1.56. The van der Waals surface area contributed by atoms with Crippen molar-refractivity contribution in [2.24, 2.45) is 0 Å². The minimum Gasteiger partial charge on any atom is -0.352 e. The van der Waals surface area contributed by atoms with Gasteiger partial charge in [0.15, 0.2) is 5.65 Å². The standard InChI is InChI=1S/C23H26FN5O2/c1-22(2,3)15-12-17(14-8-6-7-9-16(14)24)27-29-13-18(26-19(15)29)20(30)28-11-10-25-21(31)23(28,4)5/h6-9,12-13H,10-11H2,1-5H3,(H,25,31). The molecule has 1 saturated heterocycles. The first-order valence-electron chi connectivity index (χ1n) is 10.3. The van der Waals surface area contributed by atoms with Gasteiger partial charge >= 0.3 is 0 Å². The summed E-state index contributed by atoms with van der Waals surface area (Å²) in [5.41, 5.74) is 1.12. The average Bonchev–Trinajstić information content (AvgIpc) is 3.12. The van der Waals surface area contributed by atoms with Crippen molar-refractivity contribution in [3.05, 3.63) is 53.6 Å². The van der Waals surface area contributed by atoms with Crippen LogP contribution in [0.2, 0.25) is 0 Å². The Hall–Kier alpha value is -3.29. The van der Waals surface area contributed by atoms with E-state index in [1.165, 1.54) is 15.5 Å². The number of fused-ring (bicyclic) bond motifs is 1. The molecular formula is C23H26FN5O2. The lowest BCUT2D eigenvalue weighted by molar-refractivity contribution is -0.133. The summed E-state index contributed by atoms with van der Waals surface area (Å²) in [4.78, 5) is 31.7. The van der Waals surface area contributed by atoms with Gasteiger partial charge in [0.2, 0.25) is 5.91 Å². The Morgan fingerprint density at radius 2 is 1.94 bits per heavy atom. The molecule has 0 saturated carbocycles. The van der Waals surface area contributed by atoms with E-state index in [4.69, 9.17) is 0 Å². The summed E-state index contributed by atoms with van der Waals surface area (Å²) in [6.45, 7) is 10.3. The van der Waals surface area contributed by atoms with Gasteiger partial charge < -0.3 is 10.2 Å². The molecule has 162 valence electrons. The molecule has 0 bridgehead atoms. The molecule has 1 aliphatic rings. The Bertz CT molecular complexity index is 1190. The maximum Gasteiger partial charge on any atom is 0.275 e. The summed E-state index contributed by atoms with van der Waals surface area (Å²) in [7, 11) is 0. The largest absolute Gasteiger partial charge is 0.352 e. The molecule has 1 aromatic carbocycles. The molecule has 3 aromatic rings. The number of rotatable bonds is 2. The van der Waals surface area contributed by atoms with Crippen molar-refractivity contribution in [1.29, 1.82) is 0 Å². The second-order valence-corrected chi connectivity index (χ2v) is 9.34. The van der Waals surface area contributed by atoms with Gasteiger partial charge in [0.05, 0.1) is 11.9 Å². The number of nitrogens with zero attached hydrogens (tertiary/aromatic N) is 4. The van der Waals surface area contributed by atoms with E-state index in [0.717, 1.165) is 5.56 Å². The minimum absolute atomic E-state index is 0.200. The first-order chi connectivity index (χ1) is 14.5. The van der Waals surface area contributed by atoms with Crippen molar-refractivity contribution in [3.63, 3.8) is 0 Å². The van der Waals surface area contributed by atoms with E-state index in [0.29, 0.717) is 30.0 Å². The molecule has 1 aliphatic heterocycles. The fourth-order valence-electron chi connectivity index (χ4n) is 3.83. The average molecular weight is 423 g/mol. The molecule has 0 atom stereocenters. The lowest BCUT2D eigenvalue weighted by atomic mass is 9.87. The number of carbonyl (C=O) groups is 2. The Kier molecular flexibility index (Phi) is 4.83. The number of imidazole rings is 1. The van der Waals surface area contributed by atoms with Crippen LogP contribution in [0.1, 0.15) is 50.7 Å². The summed E-state index contributed by atoms with van der Waals surface area (Å²) >= 11 is 0. The van der Waals surface area contributed by atoms with Gasteiger partial charge in [0.25, 0.3) is 5.91 Å². The monoisotopic (exact) mass is 423 g/mol. The van der Waals surface area contributed by atoms with Crippen LogP contribution in [-0.4, -0.2) is 49.9 Å². The maximum atomic E-state index is 14.4. The third-order valence-corrected chi connectivity index (χ3v) is 5.70. The highest BCUT2D eigenvalue weighted by Crippen LogP contribution is 2.31. The fraction of sp³-hybridized carbons (Fsp3) is 0.391. The van der Waals surface area contributed by atoms with Crippen LogP contribution in [0.15, 0.2) is 36.5 Å². The highest BCUT2D eigenvalue weighted by molar-refractivity contribution is 5.99. The molecule has 3 heterocycles. The van der Waals surface area contributed by atoms with Crippen molar-refractivity contribution >= 4 is 17.5 Å². The predicted molar refractivity (Wildman–Crippen MR) is 115 cm³/mol. The van der Waals surface area contributed by atoms with Crippen LogP contribution in [-0.2, 0) is 10.2 Å². The van der Waals surface area contributed by atoms with Crippen molar-refractivity contribution in [1.82, 2.24) is 24.8 Å². The van der Waals surface area contributed by atoms with Gasteiger partial charge in [-0.2, -0.15) is 5.10 Å². The quantitative estimate of drug-likeness (QED) is 0.687. The van der Waals surface area contributed by atoms with Crippen molar-refractivity contribution in [2.45, 2.75) is 45.6 Å². The predicted octanol–water partition coefficient (Wildman–Crippen LogP) is 3.18. The van der Waals surface area contributed by atoms with Crippen LogP contribution in [0.3, 0.4) is 0 Å². The first kappa shape index (κ1) is 21.0. The van der Waals surface area contributed by atoms with E-state index in [1.807, 2.05) is 26.8 Å². The van der Waals surface area contributed by atoms with Gasteiger partial charge in [-0.05, 0) is 37.5 Å². The minimum atomic E-state index is -0.982. The van der Waals surface area contributed by atoms with E-state index in [1.54, 1.807) is 38.2 Å². The molecule has 4 rings (SSSR count). The van der Waals surface area contributed by atoms with Crippen molar-refractivity contribution < 1.29 is 14.0 Å². The van der Waals surface area contributed by atoms with Gasteiger partial charge in [-0.15, -0.1) is 0 Å². The highest BCUT2D eigenvalue weighted by atomic mass is 19.1. The highest BCUT2D eigenvalue weighted by Gasteiger charge is 2.41. The molecule has 8 heteroatoms. The van der Waals surface area contributed by atoms with E-state index in [2.05, 4.69) is 15.4 Å². The molecule has 0 radical (unpaired) electrons. The van der Waals surface area contributed by atoms with Crippen molar-refractivity contribution in [3.8, 4) is 11.3 Å². The van der Waals surface area contributed by atoms with E-state index >= 15 is 0 Å². The van der Waals surface area contributed by atoms with Gasteiger partial charge in [0.1, 0.15) is 17.1 Å². The number of halogens is 1. The maximum absolute atomic E-state index is 14.4. The molecule has 7 nitrogen and oxygen atoms in total. The van der Waals surface area contributed by atoms with Crippen LogP contribution < -0.4 is 5.32 Å². The van der Waals surface area contributed by atoms with Crippen LogP contribution in [0.4, 0.5) is 4.39 Å². The number of benzene rings is 1. The SMILES string of the molecule is CC(C)(C)c1cc(-c2ccccc2F)nn2cc(C(=O)N3CCNC(=O)C3(C)C)nc12. The zero-order valence-electron chi connectivity index (χ0n) is 18.4. The van der Waals surface area contributed by atoms with Gasteiger partial charge in [-0.25, -0.2) is 13.9 Å². The van der Waals surface area contributed by atoms with Crippen LogP contribution in [0, 0.1) is 5.82 Å². The number of amides is 2. The summed E-state index contributed by atoms with van der Waals surface area (Å²) in [5.74, 6) is -0.907. The third-order valence-electron chi connectivity index (χ3n) is 5.70. The number of piperazine rings is 1. The van der Waals surface area contributed by atoms with Crippen LogP contribution in [0.5, 0.6) is 0 Å². The number of aromatic nitrogens is 3. The summed E-state index contributed by atoms with van der Waals surface area (Å²) < 4.78 is 16.0. The summed E-state index contributed by atoms with van der Waals surface area (Å²) in [6, 6.07) is 8.28. The second-order valence-electron chi connectivity index (χ2n) is 9.34. The van der Waals surface area contributed by atoms with Gasteiger partial charge in [0, 0.05) is 24.2 Å². The Morgan fingerprint density at radius 1 is 1.23 bits per heavy atom. The molecular weight excluding hydrogens is 397 g/mol. The molecule has 1 fully saturated rings. The molecule has 2 aromatic heterocycles. The number of hydrogen-bond donors (Lipinski definition) is 1. The normalized spacial score (nSPS) is 16.5. The van der Waals surface area contributed by atoms with E-state index in [9.17, 15) is 14.0 Å². The zero-order valence-corrected chi connectivity index (χ0v) is 18.4. The van der Waals surface area contributed by atoms with Crippen LogP contribution >= 0.6 is 0 Å². The van der Waals surface area contributed by atoms with E-state index in [-0.39, 0.29) is 28.7 Å². The van der Waals surface area contributed by atoms with E-state index < -0.39 is 5.54 Å². The number of carbonyl (C=O) groups excluding carboxylic acids is 2. The molecule has 2 amide bonds. The van der Waals surface area contributed by atoms with Crippen molar-refractivity contribution in [2.75, 3.05) is 13.1 Å². The fourth-order valence-corrected chi connectivity index (χ4v) is 3.83. The second kappa shape index (κ2) is 7.14. The molecule has 31 heavy (non-hydrogen) atoms. The van der Waals surface area contributed by atoms with Gasteiger partial charge in [-0.3, -0.25) is 9.59 Å². The zero-order chi connectivity index (χ0) is 22.6. The molecule has 1 N–H and O–H groups in total. The molecule has 0 spiro atoms. The Morgan fingerprint density at radius 3 is 2.61 bits per heavy atom. The number of hydrogen-bond acceptors (Lipinski definition) is 4. The molecule has 0 unspecified atom stereocenters. The smallest absolute Gasteiger partial charge is 0.275 e. The third kappa shape index (κ3) is 3.56. The van der Waals surface area contributed by atoms with Gasteiger partial charge in [-0.1, -0.05) is 32.9 Å². The lowest BCUT2D eigenvalue weighted by Gasteiger charge is -2.40.